The molecule has 0 aliphatic heterocycles. The van der Waals surface area contributed by atoms with E-state index >= 15 is 0 Å². The summed E-state index contributed by atoms with van der Waals surface area (Å²) in [6.07, 6.45) is 10.2. The van der Waals surface area contributed by atoms with E-state index in [4.69, 9.17) is 22.1 Å². The minimum absolute atomic E-state index is 0.0213. The van der Waals surface area contributed by atoms with Gasteiger partial charge in [0.2, 0.25) is 86.8 Å². The highest BCUT2D eigenvalue weighted by Gasteiger charge is 2.31. The molecule has 654 valence electrons. The lowest BCUT2D eigenvalue weighted by Gasteiger charge is -2.09. The molecule has 0 aliphatic carbocycles. The van der Waals surface area contributed by atoms with Crippen LogP contribution < -0.4 is 22.8 Å². The second-order valence-corrected chi connectivity index (χ2v) is 35.3. The Kier molecular flexibility index (Phi) is 24.1. The summed E-state index contributed by atoms with van der Waals surface area (Å²) in [6.45, 7) is 35.3. The third kappa shape index (κ3) is 16.7. The number of aryl methyl sites for hydroxylation is 12. The SMILES string of the molecule is Cc1cc(F)c2c(oc3nc(F)ccc32)c1-c1cc(C(C)C)cc[n+]1C.Cc1cc2c(nc1F)oc1c(-c3cc(C(C)C)cc[n+]3C)c(C)ccc12.Cc1ccc2c(oc3nc(F)cc(C)c32)c1-c1cc(C(C)C)cc[n+]1C.Cc1ccc2c(oc3nc(F)cc(F)c32)c1-c1cc(C(C)C)cc[n+]1C.Cc1ccc2c(oc3nc(F)ccc32)c1-c1cc(C(C)C)cc[n+]1C. The molecule has 15 nitrogen and oxygen atoms in total. The van der Waals surface area contributed by atoms with Crippen LogP contribution in [0.15, 0.2) is 211 Å². The van der Waals surface area contributed by atoms with Crippen molar-refractivity contribution in [3.63, 3.8) is 0 Å². The minimum Gasteiger partial charge on any atom is -0.437 e. The van der Waals surface area contributed by atoms with E-state index in [-0.39, 0.29) is 16.8 Å². The fraction of sp³-hybridized carbons (Fsp3) is 0.252. The topological polar surface area (TPSA) is 150 Å². The van der Waals surface area contributed by atoms with Gasteiger partial charge >= 0.3 is 0 Å². The normalized spacial score (nSPS) is 11.8. The van der Waals surface area contributed by atoms with E-state index in [1.54, 1.807) is 19.1 Å². The lowest BCUT2D eigenvalue weighted by Crippen LogP contribution is -2.31. The van der Waals surface area contributed by atoms with E-state index in [0.717, 1.165) is 145 Å². The second-order valence-electron chi connectivity index (χ2n) is 35.3. The Morgan fingerprint density at radius 3 is 0.930 bits per heavy atom. The lowest BCUT2D eigenvalue weighted by atomic mass is 9.97. The highest BCUT2D eigenvalue weighted by atomic mass is 19.2. The first kappa shape index (κ1) is 88.5. The molecule has 0 bridgehead atoms. The minimum atomic E-state index is -0.889. The molecule has 0 fully saturated rings. The van der Waals surface area contributed by atoms with Crippen LogP contribution in [0.4, 0.5) is 30.7 Å². The summed E-state index contributed by atoms with van der Waals surface area (Å²) in [4.78, 5) is 19.4. The molecule has 0 saturated heterocycles. The van der Waals surface area contributed by atoms with Crippen LogP contribution in [0.1, 0.15) is 166 Å². The Bertz CT molecular complexity index is 7700. The smallest absolute Gasteiger partial charge is 0.232 e. The van der Waals surface area contributed by atoms with E-state index in [1.807, 2.05) is 108 Å². The van der Waals surface area contributed by atoms with E-state index in [1.165, 1.54) is 58.1 Å². The van der Waals surface area contributed by atoms with Crippen molar-refractivity contribution in [3.05, 3.63) is 297 Å². The van der Waals surface area contributed by atoms with Crippen molar-refractivity contribution in [2.24, 2.45) is 35.2 Å². The molecule has 15 aromatic heterocycles. The molecule has 0 saturated carbocycles. The van der Waals surface area contributed by atoms with Crippen LogP contribution in [0.25, 0.3) is 167 Å². The Hall–Kier alpha value is -13.9. The molecule has 0 aliphatic rings. The number of furan rings is 5. The van der Waals surface area contributed by atoms with Gasteiger partial charge in [0.1, 0.15) is 46.9 Å². The van der Waals surface area contributed by atoms with Crippen molar-refractivity contribution < 1.29 is 75.7 Å². The van der Waals surface area contributed by atoms with Crippen molar-refractivity contribution in [2.45, 2.75) is 147 Å². The molecule has 0 spiro atoms. The summed E-state index contributed by atoms with van der Waals surface area (Å²) in [6, 6.07) is 48.9. The zero-order valence-electron chi connectivity index (χ0n) is 76.4. The number of hydrogen-bond acceptors (Lipinski definition) is 10. The largest absolute Gasteiger partial charge is 0.437 e. The molecular formula is C107H102F7N10O5+5. The monoisotopic (exact) mass is 1740 g/mol. The Balaban J connectivity index is 0.000000118. The summed E-state index contributed by atoms with van der Waals surface area (Å²) in [5, 5.41) is 7.08. The number of halogens is 7. The fourth-order valence-electron chi connectivity index (χ4n) is 17.1. The van der Waals surface area contributed by atoms with Crippen LogP contribution in [0, 0.1) is 89.8 Å². The van der Waals surface area contributed by atoms with E-state index < -0.39 is 41.4 Å². The van der Waals surface area contributed by atoms with Gasteiger partial charge in [0.15, 0.2) is 58.9 Å². The maximum absolute atomic E-state index is 14.7. The van der Waals surface area contributed by atoms with Gasteiger partial charge in [0, 0.05) is 105 Å². The Labute approximate surface area is 742 Å². The molecule has 20 rings (SSSR count). The standard InChI is InChI=1S/2C22H22FN2O.2C21H19F2N2O.C21H20FN2O/c1-12(2)15-8-9-25(5)17(11-15)20-13(3)6-7-16-19-14(4)10-18(23)24-22(19)26-21(16)20;1-12(2)15-8-9-25(5)18(11-15)19-13(3)6-7-16-17-10-14(4)21(23)24-22(17)26-20(16)19;1-11(2)13-7-8-25(4)16(10-13)18-12(3)9-15(22)19-14-5-6-17(23)24-21(14)26-20(18)19;1-11(2)13-7-8-25(4)16(9-13)18-12(3)5-6-14-19-15(22)10-17(23)24-21(19)26-20(14)18;1-12(2)14-9-10-24(4)17(11-14)19-13(3)5-6-15-16-7-8-18(22)23-21(16)25-20(15)19/h2*6-12H,1-5H3;2*5-11H,1-4H3;5-12H,1-4H3/q5*+1. The number of pyridine rings is 10. The van der Waals surface area contributed by atoms with Gasteiger partial charge in [-0.2, -0.15) is 46.9 Å². The van der Waals surface area contributed by atoms with Crippen LogP contribution in [0.2, 0.25) is 0 Å². The number of nitrogens with zero attached hydrogens (tertiary/aromatic N) is 10. The average molecular weight is 1740 g/mol. The molecule has 0 atom stereocenters. The van der Waals surface area contributed by atoms with E-state index in [2.05, 4.69) is 226 Å². The summed E-state index contributed by atoms with van der Waals surface area (Å²) < 4.78 is 137. The number of benzene rings is 5. The molecule has 15 heterocycles. The molecular weight excluding hydrogens is 1640 g/mol. The molecule has 0 N–H and O–H groups in total. The first-order valence-corrected chi connectivity index (χ1v) is 43.2. The van der Waals surface area contributed by atoms with E-state index in [9.17, 15) is 30.7 Å². The predicted molar refractivity (Wildman–Crippen MR) is 494 cm³/mol. The third-order valence-corrected chi connectivity index (χ3v) is 24.6. The van der Waals surface area contributed by atoms with Gasteiger partial charge < -0.3 is 22.1 Å². The number of rotatable bonds is 10. The molecule has 20 aromatic rings. The van der Waals surface area contributed by atoms with E-state index in [0.29, 0.717) is 79.6 Å². The molecule has 22 heteroatoms. The van der Waals surface area contributed by atoms with Gasteiger partial charge in [-0.1, -0.05) is 118 Å². The van der Waals surface area contributed by atoms with Crippen LogP contribution >= 0.6 is 0 Å². The highest BCUT2D eigenvalue weighted by molar-refractivity contribution is 6.13. The number of aromatic nitrogens is 10. The summed E-state index contributed by atoms with van der Waals surface area (Å²) in [5.41, 5.74) is 26.8. The summed E-state index contributed by atoms with van der Waals surface area (Å²) >= 11 is 0. The zero-order valence-corrected chi connectivity index (χ0v) is 76.4. The maximum Gasteiger partial charge on any atom is 0.232 e. The third-order valence-electron chi connectivity index (χ3n) is 24.6. The van der Waals surface area contributed by atoms with Crippen molar-refractivity contribution in [1.29, 1.82) is 0 Å². The van der Waals surface area contributed by atoms with Crippen molar-refractivity contribution >= 4 is 110 Å². The first-order valence-electron chi connectivity index (χ1n) is 43.2. The van der Waals surface area contributed by atoms with Gasteiger partial charge in [-0.25, -0.2) is 31.6 Å². The average Bonchev–Trinajstić information content (AvgIpc) is 1.62. The second kappa shape index (κ2) is 35.0. The quantitative estimate of drug-likeness (QED) is 0.0735. The van der Waals surface area contributed by atoms with Gasteiger partial charge in [0.05, 0.1) is 49.4 Å². The first-order chi connectivity index (χ1) is 61.4. The van der Waals surface area contributed by atoms with Crippen molar-refractivity contribution in [3.8, 4) is 56.3 Å². The van der Waals surface area contributed by atoms with Crippen molar-refractivity contribution in [1.82, 2.24) is 24.9 Å². The zero-order chi connectivity index (χ0) is 92.1. The van der Waals surface area contributed by atoms with Crippen LogP contribution in [-0.2, 0) is 35.2 Å². The van der Waals surface area contributed by atoms with Gasteiger partial charge in [-0.15, -0.1) is 0 Å². The molecule has 129 heavy (non-hydrogen) atoms. The predicted octanol–water partition coefficient (Wildman–Crippen LogP) is 26.1. The van der Waals surface area contributed by atoms with Crippen LogP contribution in [0.3, 0.4) is 0 Å². The number of fused-ring (bicyclic) bond motifs is 15. The molecule has 0 radical (unpaired) electrons. The summed E-state index contributed by atoms with van der Waals surface area (Å²) in [7, 11) is 9.98. The fourth-order valence-corrected chi connectivity index (χ4v) is 17.1. The molecule has 0 unspecified atom stereocenters. The molecule has 0 amide bonds. The highest BCUT2D eigenvalue weighted by Crippen LogP contribution is 2.45. The van der Waals surface area contributed by atoms with Crippen LogP contribution in [0.5, 0.6) is 0 Å². The lowest BCUT2D eigenvalue weighted by molar-refractivity contribution is -0.660. The molecule has 5 aromatic carbocycles. The Morgan fingerprint density at radius 2 is 0.527 bits per heavy atom. The van der Waals surface area contributed by atoms with Crippen molar-refractivity contribution in [2.75, 3.05) is 0 Å². The summed E-state index contributed by atoms with van der Waals surface area (Å²) in [5.74, 6) is -2.09. The van der Waals surface area contributed by atoms with Gasteiger partial charge in [0.25, 0.3) is 0 Å². The van der Waals surface area contributed by atoms with Crippen LogP contribution in [-0.4, -0.2) is 24.9 Å². The number of hydrogen-bond donors (Lipinski definition) is 0. The Morgan fingerprint density at radius 1 is 0.233 bits per heavy atom. The maximum atomic E-state index is 14.7. The van der Waals surface area contributed by atoms with Gasteiger partial charge in [-0.05, 0) is 182 Å². The van der Waals surface area contributed by atoms with Gasteiger partial charge in [-0.3, -0.25) is 0 Å².